The molecule has 3 aromatic rings. The number of hydrogen-bond acceptors (Lipinski definition) is 4. The van der Waals surface area contributed by atoms with Gasteiger partial charge in [-0.1, -0.05) is 0 Å². The monoisotopic (exact) mass is 436 g/mol. The quantitative estimate of drug-likeness (QED) is 0.597. The Morgan fingerprint density at radius 3 is 2.31 bits per heavy atom. The zero-order valence-corrected chi connectivity index (χ0v) is 18.0. The Morgan fingerprint density at radius 2 is 1.62 bits per heavy atom. The van der Waals surface area contributed by atoms with E-state index < -0.39 is 11.8 Å². The molecule has 1 heterocycles. The van der Waals surface area contributed by atoms with Crippen molar-refractivity contribution in [3.63, 3.8) is 0 Å². The molecule has 0 saturated carbocycles. The largest absolute Gasteiger partial charge is 0.491 e. The summed E-state index contributed by atoms with van der Waals surface area (Å²) in [7, 11) is 0. The second-order valence-electron chi connectivity index (χ2n) is 7.97. The molecule has 0 radical (unpaired) electrons. The Labute approximate surface area is 185 Å². The lowest BCUT2D eigenvalue weighted by Gasteiger charge is -2.14. The fourth-order valence-electron chi connectivity index (χ4n) is 3.78. The molecule has 7 nitrogen and oxygen atoms in total. The van der Waals surface area contributed by atoms with Gasteiger partial charge in [0.05, 0.1) is 11.8 Å². The molecule has 1 aliphatic carbocycles. The van der Waals surface area contributed by atoms with E-state index in [2.05, 4.69) is 16.0 Å². The number of hydrazine groups is 1. The molecule has 2 N–H and O–H groups in total. The van der Waals surface area contributed by atoms with Crippen molar-refractivity contribution in [2.24, 2.45) is 0 Å². The summed E-state index contributed by atoms with van der Waals surface area (Å²) in [4.78, 5) is 25.3. The van der Waals surface area contributed by atoms with Crippen molar-refractivity contribution in [3.05, 3.63) is 76.9 Å². The molecule has 0 unspecified atom stereocenters. The van der Waals surface area contributed by atoms with Gasteiger partial charge < -0.3 is 4.74 Å². The Bertz CT molecular complexity index is 1120. The van der Waals surface area contributed by atoms with Gasteiger partial charge in [0.1, 0.15) is 11.6 Å². The number of carbonyl (C=O) groups is 2. The highest BCUT2D eigenvalue weighted by molar-refractivity contribution is 5.99. The van der Waals surface area contributed by atoms with Crippen molar-refractivity contribution >= 4 is 11.8 Å². The van der Waals surface area contributed by atoms with E-state index in [-0.39, 0.29) is 17.6 Å². The molecule has 0 aliphatic heterocycles. The lowest BCUT2D eigenvalue weighted by molar-refractivity contribution is 0.0843. The van der Waals surface area contributed by atoms with Gasteiger partial charge in [0.2, 0.25) is 0 Å². The third kappa shape index (κ3) is 4.64. The standard InChI is InChI=1S/C24H25FN4O3/c1-15(2)32-19-13-7-16(8-14-19)23(30)26-27-24(31)22-20-5-3-4-6-21(20)29(28-22)18-11-9-17(25)10-12-18/h7-15H,3-6H2,1-2H3,(H,26,30)(H,27,31). The molecule has 32 heavy (non-hydrogen) atoms. The van der Waals surface area contributed by atoms with Crippen LogP contribution in [-0.2, 0) is 12.8 Å². The van der Waals surface area contributed by atoms with Gasteiger partial charge in [0, 0.05) is 16.8 Å². The maximum absolute atomic E-state index is 13.3. The van der Waals surface area contributed by atoms with Crippen molar-refractivity contribution in [1.82, 2.24) is 20.6 Å². The van der Waals surface area contributed by atoms with Crippen molar-refractivity contribution in [2.75, 3.05) is 0 Å². The van der Waals surface area contributed by atoms with Crippen molar-refractivity contribution in [1.29, 1.82) is 0 Å². The molecule has 2 amide bonds. The van der Waals surface area contributed by atoms with Crippen LogP contribution < -0.4 is 15.6 Å². The molecular formula is C24H25FN4O3. The van der Waals surface area contributed by atoms with Crippen LogP contribution in [0, 0.1) is 5.82 Å². The van der Waals surface area contributed by atoms with E-state index in [0.29, 0.717) is 17.0 Å². The number of ether oxygens (including phenoxy) is 1. The van der Waals surface area contributed by atoms with E-state index in [0.717, 1.165) is 36.9 Å². The zero-order valence-electron chi connectivity index (χ0n) is 18.0. The fourth-order valence-corrected chi connectivity index (χ4v) is 3.78. The van der Waals surface area contributed by atoms with Crippen LogP contribution in [0.1, 0.15) is 58.8 Å². The molecule has 8 heteroatoms. The maximum atomic E-state index is 13.3. The summed E-state index contributed by atoms with van der Waals surface area (Å²) >= 11 is 0. The van der Waals surface area contributed by atoms with Gasteiger partial charge in [-0.15, -0.1) is 0 Å². The normalized spacial score (nSPS) is 12.9. The van der Waals surface area contributed by atoms with Crippen LogP contribution in [0.5, 0.6) is 5.75 Å². The van der Waals surface area contributed by atoms with E-state index in [1.54, 1.807) is 41.1 Å². The summed E-state index contributed by atoms with van der Waals surface area (Å²) in [6.45, 7) is 3.85. The molecule has 2 aromatic carbocycles. The van der Waals surface area contributed by atoms with Crippen LogP contribution in [0.25, 0.3) is 5.69 Å². The summed E-state index contributed by atoms with van der Waals surface area (Å²) in [6, 6.07) is 12.7. The van der Waals surface area contributed by atoms with Crippen molar-refractivity contribution in [3.8, 4) is 11.4 Å². The number of nitrogens with one attached hydrogen (secondary N) is 2. The molecule has 0 spiro atoms. The van der Waals surface area contributed by atoms with Gasteiger partial charge in [0.25, 0.3) is 11.8 Å². The number of fused-ring (bicyclic) bond motifs is 1. The van der Waals surface area contributed by atoms with Gasteiger partial charge >= 0.3 is 0 Å². The topological polar surface area (TPSA) is 85.2 Å². The second kappa shape index (κ2) is 9.21. The summed E-state index contributed by atoms with van der Waals surface area (Å²) in [5.74, 6) is -0.601. The van der Waals surface area contributed by atoms with E-state index in [1.165, 1.54) is 12.1 Å². The Morgan fingerprint density at radius 1 is 0.969 bits per heavy atom. The Hall–Kier alpha value is -3.68. The molecule has 166 valence electrons. The second-order valence-corrected chi connectivity index (χ2v) is 7.97. The predicted octanol–water partition coefficient (Wildman–Crippen LogP) is 3.75. The van der Waals surface area contributed by atoms with E-state index in [4.69, 9.17) is 4.74 Å². The first-order chi connectivity index (χ1) is 15.4. The number of halogens is 1. The van der Waals surface area contributed by atoms with Crippen LogP contribution in [-0.4, -0.2) is 27.7 Å². The first kappa shape index (κ1) is 21.5. The molecular weight excluding hydrogens is 411 g/mol. The van der Waals surface area contributed by atoms with Crippen LogP contribution in [0.2, 0.25) is 0 Å². The van der Waals surface area contributed by atoms with Gasteiger partial charge in [-0.3, -0.25) is 20.4 Å². The molecule has 1 aliphatic rings. The molecule has 0 bridgehead atoms. The summed E-state index contributed by atoms with van der Waals surface area (Å²) < 4.78 is 20.6. The van der Waals surface area contributed by atoms with Crippen LogP contribution >= 0.6 is 0 Å². The van der Waals surface area contributed by atoms with Crippen LogP contribution in [0.4, 0.5) is 4.39 Å². The van der Waals surface area contributed by atoms with Gasteiger partial charge in [-0.25, -0.2) is 9.07 Å². The van der Waals surface area contributed by atoms with Crippen molar-refractivity contribution < 1.29 is 18.7 Å². The number of hydrogen-bond donors (Lipinski definition) is 2. The minimum atomic E-state index is -0.489. The molecule has 1 aromatic heterocycles. The smallest absolute Gasteiger partial charge is 0.290 e. The van der Waals surface area contributed by atoms with E-state index in [1.807, 2.05) is 13.8 Å². The summed E-state index contributed by atoms with van der Waals surface area (Å²) in [5.41, 5.74) is 8.06. The minimum Gasteiger partial charge on any atom is -0.491 e. The molecule has 4 rings (SSSR count). The first-order valence-corrected chi connectivity index (χ1v) is 10.7. The molecule has 0 saturated heterocycles. The molecule has 0 fully saturated rings. The Kier molecular flexibility index (Phi) is 6.20. The summed E-state index contributed by atoms with van der Waals surface area (Å²) in [5, 5.41) is 4.50. The maximum Gasteiger partial charge on any atom is 0.290 e. The van der Waals surface area contributed by atoms with Crippen LogP contribution in [0.15, 0.2) is 48.5 Å². The highest BCUT2D eigenvalue weighted by Gasteiger charge is 2.26. The average Bonchev–Trinajstić information content (AvgIpc) is 3.18. The number of nitrogens with zero attached hydrogens (tertiary/aromatic N) is 2. The lowest BCUT2D eigenvalue weighted by Crippen LogP contribution is -2.42. The number of aromatic nitrogens is 2. The first-order valence-electron chi connectivity index (χ1n) is 10.7. The number of carbonyl (C=O) groups excluding carboxylic acids is 2. The van der Waals surface area contributed by atoms with Crippen molar-refractivity contribution in [2.45, 2.75) is 45.6 Å². The van der Waals surface area contributed by atoms with Gasteiger partial charge in [-0.05, 0) is 88.1 Å². The van der Waals surface area contributed by atoms with Gasteiger partial charge in [0.15, 0.2) is 5.69 Å². The Balaban J connectivity index is 1.48. The number of amides is 2. The fraction of sp³-hybridized carbons (Fsp3) is 0.292. The van der Waals surface area contributed by atoms with E-state index >= 15 is 0 Å². The SMILES string of the molecule is CC(C)Oc1ccc(C(=O)NNC(=O)c2nn(-c3ccc(F)cc3)c3c2CCCC3)cc1. The highest BCUT2D eigenvalue weighted by atomic mass is 19.1. The highest BCUT2D eigenvalue weighted by Crippen LogP contribution is 2.27. The predicted molar refractivity (Wildman–Crippen MR) is 117 cm³/mol. The zero-order chi connectivity index (χ0) is 22.7. The summed E-state index contributed by atoms with van der Waals surface area (Å²) in [6.07, 6.45) is 3.50. The van der Waals surface area contributed by atoms with Crippen LogP contribution in [0.3, 0.4) is 0 Å². The number of benzene rings is 2. The average molecular weight is 436 g/mol. The van der Waals surface area contributed by atoms with Gasteiger partial charge in [-0.2, -0.15) is 5.10 Å². The molecule has 0 atom stereocenters. The third-order valence-electron chi connectivity index (χ3n) is 5.24. The third-order valence-corrected chi connectivity index (χ3v) is 5.24. The number of rotatable bonds is 5. The van der Waals surface area contributed by atoms with E-state index in [9.17, 15) is 14.0 Å². The lowest BCUT2D eigenvalue weighted by atomic mass is 9.95. The minimum absolute atomic E-state index is 0.0367.